The zero-order valence-electron chi connectivity index (χ0n) is 21.4. The highest BCUT2D eigenvalue weighted by molar-refractivity contribution is 9.10. The molecule has 3 rings (SSSR count). The first kappa shape index (κ1) is 29.6. The average Bonchev–Trinajstić information content (AvgIpc) is 3.15. The van der Waals surface area contributed by atoms with Crippen molar-refractivity contribution < 1.29 is 27.8 Å². The van der Waals surface area contributed by atoms with Crippen molar-refractivity contribution >= 4 is 35.9 Å². The van der Waals surface area contributed by atoms with E-state index in [1.54, 1.807) is 23.8 Å². The molecule has 0 saturated carbocycles. The highest BCUT2D eigenvalue weighted by atomic mass is 79.9. The summed E-state index contributed by atoms with van der Waals surface area (Å²) in [6.45, 7) is 9.33. The topological polar surface area (TPSA) is 114 Å². The highest BCUT2D eigenvalue weighted by Gasteiger charge is 2.30. The van der Waals surface area contributed by atoms with Gasteiger partial charge in [0.1, 0.15) is 28.7 Å². The van der Waals surface area contributed by atoms with Gasteiger partial charge in [-0.1, -0.05) is 31.8 Å². The lowest BCUT2D eigenvalue weighted by Gasteiger charge is -2.17. The molecule has 1 unspecified atom stereocenters. The molecule has 0 fully saturated rings. The van der Waals surface area contributed by atoms with Crippen molar-refractivity contribution in [1.29, 1.82) is 0 Å². The second-order valence-electron chi connectivity index (χ2n) is 9.92. The Hall–Kier alpha value is -2.97. The normalized spacial score (nSPS) is 12.8. The van der Waals surface area contributed by atoms with E-state index in [1.165, 1.54) is 12.1 Å². The molecule has 9 nitrogen and oxygen atoms in total. The number of nitrogens with one attached hydrogen (secondary N) is 2. The van der Waals surface area contributed by atoms with E-state index in [0.29, 0.717) is 46.5 Å². The van der Waals surface area contributed by atoms with Crippen LogP contribution in [0.4, 0.5) is 23.8 Å². The Labute approximate surface area is 228 Å². The Balaban J connectivity index is 1.95. The summed E-state index contributed by atoms with van der Waals surface area (Å²) in [6, 6.07) is 6.99. The van der Waals surface area contributed by atoms with E-state index in [0.717, 1.165) is 18.2 Å². The number of alkyl halides is 3. The molecule has 2 aromatic heterocycles. The molecule has 0 aliphatic rings. The lowest BCUT2D eigenvalue weighted by molar-refractivity contribution is -0.137. The van der Waals surface area contributed by atoms with Gasteiger partial charge in [0.15, 0.2) is 5.82 Å². The van der Waals surface area contributed by atoms with Gasteiger partial charge in [0, 0.05) is 39.0 Å². The van der Waals surface area contributed by atoms with E-state index in [4.69, 9.17) is 9.84 Å². The van der Waals surface area contributed by atoms with Gasteiger partial charge in [-0.05, 0) is 47.1 Å². The van der Waals surface area contributed by atoms with Crippen molar-refractivity contribution in [1.82, 2.24) is 24.8 Å². The van der Waals surface area contributed by atoms with Crippen LogP contribution in [0.1, 0.15) is 12.5 Å². The van der Waals surface area contributed by atoms with E-state index in [1.807, 2.05) is 0 Å². The molecule has 0 spiro atoms. The van der Waals surface area contributed by atoms with Crippen LogP contribution >= 0.6 is 15.9 Å². The fraction of sp³-hybridized carbons (Fsp3) is 0.417. The van der Waals surface area contributed by atoms with E-state index in [-0.39, 0.29) is 12.8 Å². The van der Waals surface area contributed by atoms with Crippen LogP contribution in [0.5, 0.6) is 0 Å². The number of aromatic nitrogens is 4. The molecular formula is C24H30BrF3N6O3Si. The molecule has 0 aliphatic heterocycles. The summed E-state index contributed by atoms with van der Waals surface area (Å²) in [7, 11) is -1.35. The van der Waals surface area contributed by atoms with Crippen molar-refractivity contribution in [3.05, 3.63) is 46.7 Å². The highest BCUT2D eigenvalue weighted by Crippen LogP contribution is 2.34. The molecule has 0 radical (unpaired) electrons. The minimum Gasteiger partial charge on any atom is -0.465 e. The number of rotatable bonds is 11. The summed E-state index contributed by atoms with van der Waals surface area (Å²) in [5, 5.41) is 14.3. The second-order valence-corrected chi connectivity index (χ2v) is 16.3. The van der Waals surface area contributed by atoms with Crippen molar-refractivity contribution in [3.8, 4) is 22.9 Å². The number of hydrogen-bond acceptors (Lipinski definition) is 6. The van der Waals surface area contributed by atoms with Crippen LogP contribution in [-0.2, 0) is 17.6 Å². The van der Waals surface area contributed by atoms with E-state index < -0.39 is 25.9 Å². The lowest BCUT2D eigenvalue weighted by Crippen LogP contribution is -2.36. The Morgan fingerprint density at radius 1 is 1.18 bits per heavy atom. The molecule has 1 amide bonds. The SMILES string of the molecule is CC(CNc1ccnc(-c2c(Br)nc(-c3ccc(C(F)(F)F)cc3)n2COCC[Si](C)(C)C)n1)NC(=O)O. The second kappa shape index (κ2) is 12.3. The quantitative estimate of drug-likeness (QED) is 0.175. The fourth-order valence-electron chi connectivity index (χ4n) is 3.42. The van der Waals surface area contributed by atoms with Gasteiger partial charge in [-0.15, -0.1) is 0 Å². The van der Waals surface area contributed by atoms with Crippen LogP contribution in [0.2, 0.25) is 25.7 Å². The maximum atomic E-state index is 13.1. The zero-order chi connectivity index (χ0) is 28.1. The predicted molar refractivity (Wildman–Crippen MR) is 145 cm³/mol. The number of benzene rings is 1. The summed E-state index contributed by atoms with van der Waals surface area (Å²) in [6.07, 6.45) is -4.02. The average molecular weight is 616 g/mol. The monoisotopic (exact) mass is 614 g/mol. The molecule has 2 heterocycles. The minimum atomic E-state index is -4.45. The first-order chi connectivity index (χ1) is 17.7. The number of anilines is 1. The number of halogens is 4. The predicted octanol–water partition coefficient (Wildman–Crippen LogP) is 6.17. The minimum absolute atomic E-state index is 0.0926. The summed E-state index contributed by atoms with van der Waals surface area (Å²) in [5.41, 5.74) is 0.216. The Kier molecular flexibility index (Phi) is 9.54. The maximum Gasteiger partial charge on any atom is 0.416 e. The number of amides is 1. The van der Waals surface area contributed by atoms with Crippen LogP contribution in [0.25, 0.3) is 22.9 Å². The molecule has 38 heavy (non-hydrogen) atoms. The maximum absolute atomic E-state index is 13.1. The van der Waals surface area contributed by atoms with E-state index in [9.17, 15) is 18.0 Å². The molecule has 0 saturated heterocycles. The Morgan fingerprint density at radius 2 is 1.87 bits per heavy atom. The Morgan fingerprint density at radius 3 is 2.47 bits per heavy atom. The molecule has 1 atom stereocenters. The molecule has 0 bridgehead atoms. The van der Waals surface area contributed by atoms with Crippen LogP contribution < -0.4 is 10.6 Å². The van der Waals surface area contributed by atoms with Crippen LogP contribution in [-0.4, -0.2) is 58.0 Å². The van der Waals surface area contributed by atoms with E-state index in [2.05, 4.69) is 61.2 Å². The number of carboxylic acid groups (broad SMARTS) is 1. The van der Waals surface area contributed by atoms with Gasteiger partial charge in [-0.3, -0.25) is 4.57 Å². The number of ether oxygens (including phenoxy) is 1. The van der Waals surface area contributed by atoms with E-state index >= 15 is 0 Å². The van der Waals surface area contributed by atoms with Gasteiger partial charge in [-0.2, -0.15) is 13.2 Å². The standard InChI is InChI=1S/C24H30BrF3N6O3Si/c1-15(31-23(35)36)13-30-18-9-10-29-21(32-18)19-20(25)33-22(34(19)14-37-11-12-38(2,3)4)16-5-7-17(8-6-16)24(26,27)28/h5-10,15,31H,11-14H2,1-4H3,(H,35,36)(H,29,30,32). The van der Waals surface area contributed by atoms with Gasteiger partial charge >= 0.3 is 12.3 Å². The van der Waals surface area contributed by atoms with Crippen molar-refractivity contribution in [3.63, 3.8) is 0 Å². The number of imidazole rings is 1. The van der Waals surface area contributed by atoms with Crippen molar-refractivity contribution in [2.45, 2.75) is 51.6 Å². The van der Waals surface area contributed by atoms with Crippen LogP contribution in [0.15, 0.2) is 41.1 Å². The summed E-state index contributed by atoms with van der Waals surface area (Å²) < 4.78 is 47.4. The number of nitrogens with zero attached hydrogens (tertiary/aromatic N) is 4. The summed E-state index contributed by atoms with van der Waals surface area (Å²) in [4.78, 5) is 24.3. The third kappa shape index (κ3) is 8.26. The molecule has 0 aliphatic carbocycles. The number of hydrogen-bond donors (Lipinski definition) is 3. The molecule has 3 aromatic rings. The lowest BCUT2D eigenvalue weighted by atomic mass is 10.1. The summed E-state index contributed by atoms with van der Waals surface area (Å²) in [5.74, 6) is 1.17. The van der Waals surface area contributed by atoms with Crippen molar-refractivity contribution in [2.24, 2.45) is 0 Å². The first-order valence-electron chi connectivity index (χ1n) is 11.8. The van der Waals surface area contributed by atoms with Gasteiger partial charge in [0.2, 0.25) is 0 Å². The third-order valence-electron chi connectivity index (χ3n) is 5.44. The largest absolute Gasteiger partial charge is 0.465 e. The fourth-order valence-corrected chi connectivity index (χ4v) is 4.73. The van der Waals surface area contributed by atoms with Gasteiger partial charge in [0.05, 0.1) is 5.56 Å². The van der Waals surface area contributed by atoms with Crippen LogP contribution in [0, 0.1) is 0 Å². The first-order valence-corrected chi connectivity index (χ1v) is 16.3. The molecule has 14 heteroatoms. The molecular weight excluding hydrogens is 585 g/mol. The summed E-state index contributed by atoms with van der Waals surface area (Å²) >= 11 is 3.47. The zero-order valence-corrected chi connectivity index (χ0v) is 24.0. The van der Waals surface area contributed by atoms with Crippen molar-refractivity contribution in [2.75, 3.05) is 18.5 Å². The molecule has 1 aromatic carbocycles. The molecule has 206 valence electrons. The number of carbonyl (C=O) groups is 1. The van der Waals surface area contributed by atoms with Crippen LogP contribution in [0.3, 0.4) is 0 Å². The van der Waals surface area contributed by atoms with Gasteiger partial charge in [-0.25, -0.2) is 19.7 Å². The third-order valence-corrected chi connectivity index (χ3v) is 7.70. The van der Waals surface area contributed by atoms with Gasteiger partial charge < -0.3 is 20.5 Å². The molecule has 3 N–H and O–H groups in total. The smallest absolute Gasteiger partial charge is 0.416 e. The Bertz CT molecular complexity index is 1250. The van der Waals surface area contributed by atoms with Gasteiger partial charge in [0.25, 0.3) is 0 Å².